The molecule has 4 rings (SSSR count). The van der Waals surface area contributed by atoms with E-state index in [1.54, 1.807) is 51.2 Å². The van der Waals surface area contributed by atoms with E-state index in [1.807, 2.05) is 43.3 Å². The minimum absolute atomic E-state index is 0.0187. The van der Waals surface area contributed by atoms with Crippen molar-refractivity contribution in [3.8, 4) is 5.75 Å². The SMILES string of the molecule is CCCCCCCC(=O)NCCCCC(NC(=O)C(Cc1c[nH]c2ccccc12)NC(=O)OC(C)(C)C)C(=O)NC(CC(=O)NC(Cc1ccc(O)cc1)C(=O)O)c1ccc(C)cc1. The van der Waals surface area contributed by atoms with Gasteiger partial charge in [-0.1, -0.05) is 92.8 Å². The minimum atomic E-state index is -1.30. The third-order valence-electron chi connectivity index (χ3n) is 10.7. The molecule has 4 unspecified atom stereocenters. The van der Waals surface area contributed by atoms with Crippen molar-refractivity contribution in [3.63, 3.8) is 0 Å². The van der Waals surface area contributed by atoms with Gasteiger partial charge in [-0.3, -0.25) is 19.2 Å². The van der Waals surface area contributed by atoms with Crippen LogP contribution in [0.4, 0.5) is 4.79 Å². The molecule has 1 heterocycles. The summed E-state index contributed by atoms with van der Waals surface area (Å²) in [5, 5.41) is 34.6. The summed E-state index contributed by atoms with van der Waals surface area (Å²) in [7, 11) is 0. The van der Waals surface area contributed by atoms with Gasteiger partial charge in [0.15, 0.2) is 0 Å². The molecule has 4 atom stereocenters. The highest BCUT2D eigenvalue weighted by Crippen LogP contribution is 2.22. The van der Waals surface area contributed by atoms with E-state index >= 15 is 0 Å². The van der Waals surface area contributed by atoms with Crippen LogP contribution < -0.4 is 26.6 Å². The first-order valence-corrected chi connectivity index (χ1v) is 22.3. The highest BCUT2D eigenvalue weighted by atomic mass is 16.6. The number of aromatic nitrogens is 1. The summed E-state index contributed by atoms with van der Waals surface area (Å²) in [5.41, 5.74) is 2.84. The molecule has 0 spiro atoms. The summed E-state index contributed by atoms with van der Waals surface area (Å²) in [5.74, 6) is -3.17. The summed E-state index contributed by atoms with van der Waals surface area (Å²) in [4.78, 5) is 83.5. The number of carboxylic acid groups (broad SMARTS) is 1. The number of carbonyl (C=O) groups excluding carboxylic acids is 5. The Labute approximate surface area is 375 Å². The normalized spacial score (nSPS) is 13.2. The van der Waals surface area contributed by atoms with Crippen molar-refractivity contribution in [1.29, 1.82) is 0 Å². The maximum Gasteiger partial charge on any atom is 0.408 e. The number of hydrogen-bond acceptors (Lipinski definition) is 8. The number of carboxylic acids is 1. The number of aromatic hydroxyl groups is 1. The second-order valence-electron chi connectivity index (χ2n) is 17.3. The molecule has 0 aliphatic heterocycles. The first-order chi connectivity index (χ1) is 30.5. The number of phenolic OH excluding ortho intramolecular Hbond substituents is 1. The van der Waals surface area contributed by atoms with Crippen molar-refractivity contribution in [2.45, 2.75) is 141 Å². The molecule has 346 valence electrons. The second kappa shape index (κ2) is 25.1. The largest absolute Gasteiger partial charge is 0.508 e. The Hall–Kier alpha value is -6.38. The number of aliphatic carboxylic acids is 1. The van der Waals surface area contributed by atoms with Crippen LogP contribution in [0.3, 0.4) is 0 Å². The molecule has 4 aromatic rings. The predicted molar refractivity (Wildman–Crippen MR) is 245 cm³/mol. The van der Waals surface area contributed by atoms with E-state index in [-0.39, 0.29) is 37.3 Å². The van der Waals surface area contributed by atoms with Crippen LogP contribution in [-0.4, -0.2) is 81.2 Å². The quantitative estimate of drug-likeness (QED) is 0.0327. The lowest BCUT2D eigenvalue weighted by atomic mass is 9.99. The summed E-state index contributed by atoms with van der Waals surface area (Å²) < 4.78 is 5.52. The number of phenols is 1. The first-order valence-electron chi connectivity index (χ1n) is 22.3. The highest BCUT2D eigenvalue weighted by Gasteiger charge is 2.31. The van der Waals surface area contributed by atoms with Gasteiger partial charge in [-0.05, 0) is 88.3 Å². The number of aromatic amines is 1. The Balaban J connectivity index is 1.56. The monoisotopic (exact) mass is 882 g/mol. The molecular formula is C49H66N6O9. The third kappa shape index (κ3) is 17.4. The first kappa shape index (κ1) is 50.3. The number of carbonyl (C=O) groups is 6. The number of alkyl carbamates (subject to hydrolysis) is 1. The number of para-hydroxylation sites is 1. The zero-order valence-corrected chi connectivity index (χ0v) is 37.8. The Kier molecular flexibility index (Phi) is 19.7. The van der Waals surface area contributed by atoms with Gasteiger partial charge in [-0.15, -0.1) is 0 Å². The molecular weight excluding hydrogens is 817 g/mol. The smallest absolute Gasteiger partial charge is 0.408 e. The Bertz CT molecular complexity index is 2150. The minimum Gasteiger partial charge on any atom is -0.508 e. The number of fused-ring (bicyclic) bond motifs is 1. The molecule has 5 amide bonds. The number of ether oxygens (including phenoxy) is 1. The van der Waals surface area contributed by atoms with Crippen LogP contribution in [0.25, 0.3) is 10.9 Å². The summed E-state index contributed by atoms with van der Waals surface area (Å²) in [6.45, 7) is 9.53. The van der Waals surface area contributed by atoms with Gasteiger partial charge in [0.1, 0.15) is 29.5 Å². The average Bonchev–Trinajstić information content (AvgIpc) is 3.65. The fourth-order valence-corrected chi connectivity index (χ4v) is 7.23. The molecule has 3 aromatic carbocycles. The van der Waals surface area contributed by atoms with Crippen molar-refractivity contribution in [2.75, 3.05) is 6.54 Å². The van der Waals surface area contributed by atoms with Gasteiger partial charge in [0, 0.05) is 42.9 Å². The van der Waals surface area contributed by atoms with Crippen LogP contribution in [0.5, 0.6) is 5.75 Å². The molecule has 15 heteroatoms. The van der Waals surface area contributed by atoms with Gasteiger partial charge in [0.2, 0.25) is 23.6 Å². The van der Waals surface area contributed by atoms with Gasteiger partial charge in [0.25, 0.3) is 0 Å². The number of nitrogens with one attached hydrogen (secondary N) is 6. The van der Waals surface area contributed by atoms with E-state index in [0.717, 1.165) is 54.1 Å². The van der Waals surface area contributed by atoms with Crippen LogP contribution in [-0.2, 0) is 41.6 Å². The van der Waals surface area contributed by atoms with Crippen molar-refractivity contribution in [3.05, 3.63) is 101 Å². The molecule has 0 bridgehead atoms. The van der Waals surface area contributed by atoms with Crippen LogP contribution >= 0.6 is 0 Å². The van der Waals surface area contributed by atoms with Gasteiger partial charge in [0.05, 0.1) is 12.5 Å². The topological polar surface area (TPSA) is 228 Å². The lowest BCUT2D eigenvalue weighted by molar-refractivity contribution is -0.142. The average molecular weight is 883 g/mol. The molecule has 15 nitrogen and oxygen atoms in total. The van der Waals surface area contributed by atoms with Crippen molar-refractivity contribution < 1.29 is 43.7 Å². The van der Waals surface area contributed by atoms with E-state index in [1.165, 1.54) is 12.1 Å². The van der Waals surface area contributed by atoms with Crippen molar-refractivity contribution in [1.82, 2.24) is 31.6 Å². The maximum absolute atomic E-state index is 14.4. The predicted octanol–water partition coefficient (Wildman–Crippen LogP) is 6.81. The number of benzene rings is 3. The van der Waals surface area contributed by atoms with Gasteiger partial charge >= 0.3 is 12.1 Å². The lowest BCUT2D eigenvalue weighted by Gasteiger charge is -2.27. The van der Waals surface area contributed by atoms with Gasteiger partial charge < -0.3 is 46.5 Å². The highest BCUT2D eigenvalue weighted by molar-refractivity contribution is 5.93. The number of H-pyrrole nitrogens is 1. The molecule has 0 aliphatic rings. The van der Waals surface area contributed by atoms with E-state index in [4.69, 9.17) is 4.74 Å². The second-order valence-corrected chi connectivity index (χ2v) is 17.3. The number of unbranched alkanes of at least 4 members (excludes halogenated alkanes) is 5. The molecule has 64 heavy (non-hydrogen) atoms. The standard InChI is InChI=1S/C49H66N6O9/c1-6-7-8-9-10-18-43(57)50-27-14-13-17-39(53-46(60)41(55-48(63)64-49(3,4)5)29-35-31-51-38-16-12-11-15-37(35)38)45(59)54-40(34-23-19-32(2)20-24-34)30-44(58)52-42(47(61)62)28-33-21-25-36(56)26-22-33/h11-12,15-16,19-26,31,39-42,51,56H,6-10,13-14,17-18,27-30H2,1-5H3,(H,50,57)(H,52,58)(H,53,60)(H,54,59)(H,55,63)(H,61,62). The number of amides is 5. The van der Waals surface area contributed by atoms with Crippen LogP contribution in [0.1, 0.15) is 120 Å². The summed E-state index contributed by atoms with van der Waals surface area (Å²) in [6, 6.07) is 16.2. The Morgan fingerprint density at radius 3 is 2.09 bits per heavy atom. The molecule has 8 N–H and O–H groups in total. The molecule has 1 aromatic heterocycles. The molecule has 0 aliphatic carbocycles. The number of hydrogen-bond donors (Lipinski definition) is 8. The molecule has 0 fully saturated rings. The van der Waals surface area contributed by atoms with Crippen LogP contribution in [0.2, 0.25) is 0 Å². The molecule has 0 saturated heterocycles. The van der Waals surface area contributed by atoms with Crippen molar-refractivity contribution >= 4 is 46.6 Å². The third-order valence-corrected chi connectivity index (χ3v) is 10.7. The fourth-order valence-electron chi connectivity index (χ4n) is 7.23. The fraction of sp³-hybridized carbons (Fsp3) is 0.469. The van der Waals surface area contributed by atoms with Gasteiger partial charge in [-0.2, -0.15) is 0 Å². The maximum atomic E-state index is 14.4. The Morgan fingerprint density at radius 2 is 1.41 bits per heavy atom. The van der Waals surface area contributed by atoms with Crippen molar-refractivity contribution in [2.24, 2.45) is 0 Å². The molecule has 0 saturated carbocycles. The number of aryl methyl sites for hydroxylation is 1. The van der Waals surface area contributed by atoms with E-state index in [0.29, 0.717) is 36.9 Å². The summed E-state index contributed by atoms with van der Waals surface area (Å²) in [6.07, 6.45) is 7.32. The molecule has 0 radical (unpaired) electrons. The number of rotatable bonds is 25. The van der Waals surface area contributed by atoms with E-state index in [2.05, 4.69) is 38.5 Å². The van der Waals surface area contributed by atoms with Gasteiger partial charge in [-0.25, -0.2) is 9.59 Å². The van der Waals surface area contributed by atoms with Crippen LogP contribution in [0, 0.1) is 6.92 Å². The Morgan fingerprint density at radius 1 is 0.719 bits per heavy atom. The van der Waals surface area contributed by atoms with E-state index in [9.17, 15) is 39.0 Å². The summed E-state index contributed by atoms with van der Waals surface area (Å²) >= 11 is 0. The van der Waals surface area contributed by atoms with Crippen LogP contribution in [0.15, 0.2) is 79.0 Å². The lowest BCUT2D eigenvalue weighted by Crippen LogP contribution is -2.55. The zero-order valence-electron chi connectivity index (χ0n) is 37.8. The zero-order chi connectivity index (χ0) is 46.6. The van der Waals surface area contributed by atoms with E-state index < -0.39 is 59.6 Å².